The minimum atomic E-state index is 0.0289. The fourth-order valence-electron chi connectivity index (χ4n) is 1.81. The lowest BCUT2D eigenvalue weighted by Crippen LogP contribution is -2.29. The number of nitrogens with one attached hydrogen (secondary N) is 1. The molecule has 1 saturated carbocycles. The van der Waals surface area contributed by atoms with Crippen molar-refractivity contribution in [3.05, 3.63) is 29.8 Å². The van der Waals surface area contributed by atoms with E-state index in [-0.39, 0.29) is 17.1 Å². The average Bonchev–Trinajstić information content (AvgIpc) is 2.72. The van der Waals surface area contributed by atoms with Crippen LogP contribution in [0.5, 0.6) is 5.75 Å². The Kier molecular flexibility index (Phi) is 2.62. The molecule has 1 aliphatic rings. The van der Waals surface area contributed by atoms with Gasteiger partial charge in [0.05, 0.1) is 6.42 Å². The molecule has 1 atom stereocenters. The molecule has 1 aliphatic carbocycles. The van der Waals surface area contributed by atoms with Gasteiger partial charge in [-0.1, -0.05) is 26.0 Å². The molecule has 86 valence electrons. The van der Waals surface area contributed by atoms with Gasteiger partial charge in [0.15, 0.2) is 0 Å². The molecule has 1 unspecified atom stereocenters. The van der Waals surface area contributed by atoms with E-state index in [4.69, 9.17) is 0 Å². The molecule has 0 heterocycles. The Morgan fingerprint density at radius 3 is 2.81 bits per heavy atom. The zero-order chi connectivity index (χ0) is 11.8. The van der Waals surface area contributed by atoms with Gasteiger partial charge in [-0.2, -0.15) is 0 Å². The van der Waals surface area contributed by atoms with Gasteiger partial charge in [0.2, 0.25) is 5.91 Å². The summed E-state index contributed by atoms with van der Waals surface area (Å²) in [5.41, 5.74) is 1.10. The number of carbonyl (C=O) groups is 1. The third-order valence-electron chi connectivity index (χ3n) is 3.12. The van der Waals surface area contributed by atoms with Gasteiger partial charge in [0, 0.05) is 6.04 Å². The van der Waals surface area contributed by atoms with Crippen molar-refractivity contribution < 1.29 is 9.90 Å². The van der Waals surface area contributed by atoms with Crippen molar-refractivity contribution in [3.8, 4) is 5.75 Å². The van der Waals surface area contributed by atoms with Crippen molar-refractivity contribution >= 4 is 5.91 Å². The highest BCUT2D eigenvalue weighted by molar-refractivity contribution is 5.79. The van der Waals surface area contributed by atoms with Crippen LogP contribution in [0, 0.1) is 5.41 Å². The van der Waals surface area contributed by atoms with Gasteiger partial charge in [-0.25, -0.2) is 0 Å². The second-order valence-electron chi connectivity index (χ2n) is 5.16. The summed E-state index contributed by atoms with van der Waals surface area (Å²) in [6.45, 7) is 4.29. The van der Waals surface area contributed by atoms with Gasteiger partial charge in [-0.15, -0.1) is 0 Å². The zero-order valence-corrected chi connectivity index (χ0v) is 9.66. The zero-order valence-electron chi connectivity index (χ0n) is 9.66. The van der Waals surface area contributed by atoms with Crippen LogP contribution in [-0.4, -0.2) is 17.1 Å². The minimum Gasteiger partial charge on any atom is -0.508 e. The third-order valence-corrected chi connectivity index (χ3v) is 3.12. The van der Waals surface area contributed by atoms with E-state index in [0.29, 0.717) is 12.5 Å². The van der Waals surface area contributed by atoms with Crippen LogP contribution in [0.4, 0.5) is 0 Å². The van der Waals surface area contributed by atoms with Crippen molar-refractivity contribution in [1.82, 2.24) is 5.32 Å². The fraction of sp³-hybridized carbons (Fsp3) is 0.462. The molecular formula is C13H17NO2. The van der Waals surface area contributed by atoms with E-state index in [1.807, 2.05) is 6.07 Å². The number of aromatic hydroxyl groups is 1. The van der Waals surface area contributed by atoms with Crippen LogP contribution >= 0.6 is 0 Å². The Morgan fingerprint density at radius 2 is 2.25 bits per heavy atom. The molecule has 1 amide bonds. The van der Waals surface area contributed by atoms with Crippen LogP contribution in [0.2, 0.25) is 0 Å². The van der Waals surface area contributed by atoms with Gasteiger partial charge >= 0.3 is 0 Å². The predicted octanol–water partition coefficient (Wildman–Crippen LogP) is 1.85. The van der Waals surface area contributed by atoms with Crippen LogP contribution in [0.1, 0.15) is 25.8 Å². The molecule has 2 rings (SSSR count). The largest absolute Gasteiger partial charge is 0.508 e. The monoisotopic (exact) mass is 219 g/mol. The first-order valence-electron chi connectivity index (χ1n) is 5.55. The highest BCUT2D eigenvalue weighted by atomic mass is 16.3. The Balaban J connectivity index is 1.88. The number of amides is 1. The molecule has 16 heavy (non-hydrogen) atoms. The average molecular weight is 219 g/mol. The first-order chi connectivity index (χ1) is 7.47. The summed E-state index contributed by atoms with van der Waals surface area (Å²) in [4.78, 5) is 11.7. The number of rotatable bonds is 3. The number of benzene rings is 1. The molecule has 3 nitrogen and oxygen atoms in total. The summed E-state index contributed by atoms with van der Waals surface area (Å²) in [5.74, 6) is 0.234. The minimum absolute atomic E-state index is 0.0289. The van der Waals surface area contributed by atoms with Crippen LogP contribution < -0.4 is 5.32 Å². The molecular weight excluding hydrogens is 202 g/mol. The molecule has 0 aliphatic heterocycles. The summed E-state index contributed by atoms with van der Waals surface area (Å²) in [5, 5.41) is 12.3. The molecule has 0 saturated heterocycles. The normalized spacial score (nSPS) is 21.5. The van der Waals surface area contributed by atoms with Crippen molar-refractivity contribution in [3.63, 3.8) is 0 Å². The lowest BCUT2D eigenvalue weighted by Gasteiger charge is -2.07. The van der Waals surface area contributed by atoms with E-state index in [1.165, 1.54) is 0 Å². The SMILES string of the molecule is CC1(C)CC1NC(=O)Cc1cccc(O)c1. The highest BCUT2D eigenvalue weighted by Crippen LogP contribution is 2.44. The fourth-order valence-corrected chi connectivity index (χ4v) is 1.81. The molecule has 3 heteroatoms. The van der Waals surface area contributed by atoms with Gasteiger partial charge in [-0.3, -0.25) is 4.79 Å². The highest BCUT2D eigenvalue weighted by Gasteiger charge is 2.46. The third kappa shape index (κ3) is 2.54. The van der Waals surface area contributed by atoms with Gasteiger partial charge in [-0.05, 0) is 29.5 Å². The molecule has 0 aromatic heterocycles. The summed E-state index contributed by atoms with van der Waals surface area (Å²) in [7, 11) is 0. The van der Waals surface area contributed by atoms with Crippen LogP contribution in [0.15, 0.2) is 24.3 Å². The predicted molar refractivity (Wildman–Crippen MR) is 62.1 cm³/mol. The second kappa shape index (κ2) is 3.81. The first kappa shape index (κ1) is 11.0. The first-order valence-corrected chi connectivity index (χ1v) is 5.55. The Morgan fingerprint density at radius 1 is 1.56 bits per heavy atom. The van der Waals surface area contributed by atoms with Crippen molar-refractivity contribution in [2.45, 2.75) is 32.7 Å². The van der Waals surface area contributed by atoms with E-state index >= 15 is 0 Å². The summed E-state index contributed by atoms with van der Waals surface area (Å²) >= 11 is 0. The van der Waals surface area contributed by atoms with E-state index in [9.17, 15) is 9.90 Å². The van der Waals surface area contributed by atoms with Crippen molar-refractivity contribution in [1.29, 1.82) is 0 Å². The molecule has 1 aromatic carbocycles. The van der Waals surface area contributed by atoms with Crippen LogP contribution in [0.25, 0.3) is 0 Å². The van der Waals surface area contributed by atoms with E-state index in [1.54, 1.807) is 18.2 Å². The Labute approximate surface area is 95.5 Å². The Bertz CT molecular complexity index is 412. The standard InChI is InChI=1S/C13H17NO2/c1-13(2)8-11(13)14-12(16)7-9-4-3-5-10(15)6-9/h3-6,11,15H,7-8H2,1-2H3,(H,14,16). The number of hydrogen-bond acceptors (Lipinski definition) is 2. The van der Waals surface area contributed by atoms with Gasteiger partial charge < -0.3 is 10.4 Å². The Hall–Kier alpha value is -1.51. The maximum Gasteiger partial charge on any atom is 0.224 e. The van der Waals surface area contributed by atoms with Crippen LogP contribution in [0.3, 0.4) is 0 Å². The van der Waals surface area contributed by atoms with E-state index in [0.717, 1.165) is 12.0 Å². The van der Waals surface area contributed by atoms with Crippen LogP contribution in [-0.2, 0) is 11.2 Å². The summed E-state index contributed by atoms with van der Waals surface area (Å²) in [6, 6.07) is 7.14. The second-order valence-corrected chi connectivity index (χ2v) is 5.16. The van der Waals surface area contributed by atoms with Gasteiger partial charge in [0.1, 0.15) is 5.75 Å². The van der Waals surface area contributed by atoms with Crippen molar-refractivity contribution in [2.24, 2.45) is 5.41 Å². The van der Waals surface area contributed by atoms with E-state index < -0.39 is 0 Å². The topological polar surface area (TPSA) is 49.3 Å². The molecule has 0 radical (unpaired) electrons. The maximum absolute atomic E-state index is 11.7. The number of phenols is 1. The lowest BCUT2D eigenvalue weighted by molar-refractivity contribution is -0.120. The number of hydrogen-bond donors (Lipinski definition) is 2. The smallest absolute Gasteiger partial charge is 0.224 e. The van der Waals surface area contributed by atoms with Gasteiger partial charge in [0.25, 0.3) is 0 Å². The molecule has 2 N–H and O–H groups in total. The lowest BCUT2D eigenvalue weighted by atomic mass is 10.1. The molecule has 0 bridgehead atoms. The van der Waals surface area contributed by atoms with Crippen molar-refractivity contribution in [2.75, 3.05) is 0 Å². The summed E-state index contributed by atoms with van der Waals surface area (Å²) in [6.07, 6.45) is 1.39. The quantitative estimate of drug-likeness (QED) is 0.815. The molecule has 1 fully saturated rings. The number of carbonyl (C=O) groups excluding carboxylic acids is 1. The molecule has 1 aromatic rings. The van der Waals surface area contributed by atoms with E-state index in [2.05, 4.69) is 19.2 Å². The number of phenolic OH excluding ortho intramolecular Hbond substituents is 1. The maximum atomic E-state index is 11.7. The molecule has 0 spiro atoms. The summed E-state index contributed by atoms with van der Waals surface area (Å²) < 4.78 is 0.